The first kappa shape index (κ1) is 16.8. The van der Waals surface area contributed by atoms with Crippen LogP contribution in [0.15, 0.2) is 23.5 Å². The summed E-state index contributed by atoms with van der Waals surface area (Å²) in [5.41, 5.74) is -0.687. The lowest BCUT2D eigenvalue weighted by atomic mass is 9.71. The number of alkyl halides is 3. The van der Waals surface area contributed by atoms with Gasteiger partial charge < -0.3 is 5.11 Å². The second-order valence-corrected chi connectivity index (χ2v) is 7.19. The lowest BCUT2D eigenvalue weighted by molar-refractivity contribution is -0.137. The van der Waals surface area contributed by atoms with Gasteiger partial charge in [-0.05, 0) is 18.9 Å². The maximum atomic E-state index is 13.2. The van der Waals surface area contributed by atoms with E-state index in [4.69, 9.17) is 11.6 Å². The van der Waals surface area contributed by atoms with Crippen molar-refractivity contribution in [1.29, 1.82) is 0 Å². The van der Waals surface area contributed by atoms with Gasteiger partial charge in [-0.1, -0.05) is 18.0 Å². The van der Waals surface area contributed by atoms with E-state index in [0.717, 1.165) is 25.3 Å². The summed E-state index contributed by atoms with van der Waals surface area (Å²) in [6.45, 7) is 0.0312. The van der Waals surface area contributed by atoms with Crippen molar-refractivity contribution in [3.63, 3.8) is 0 Å². The molecule has 1 aliphatic rings. The minimum atomic E-state index is -4.54. The van der Waals surface area contributed by atoms with Gasteiger partial charge in [-0.15, -0.1) is 11.8 Å². The van der Waals surface area contributed by atoms with E-state index < -0.39 is 11.7 Å². The number of hydrogen-bond donors (Lipinski definition) is 1. The van der Waals surface area contributed by atoms with Crippen LogP contribution in [0.5, 0.6) is 0 Å². The van der Waals surface area contributed by atoms with Crippen molar-refractivity contribution < 1.29 is 18.3 Å². The molecule has 0 amide bonds. The molecule has 3 rings (SSSR count). The SMILES string of the molecule is OCC1(CSc2c(Cl)c(C(F)(F)F)cc3cncnc23)CCC1. The van der Waals surface area contributed by atoms with E-state index >= 15 is 0 Å². The van der Waals surface area contributed by atoms with E-state index in [1.54, 1.807) is 0 Å². The summed E-state index contributed by atoms with van der Waals surface area (Å²) in [7, 11) is 0. The fraction of sp³-hybridized carbons (Fsp3) is 0.467. The number of nitrogens with zero attached hydrogens (tertiary/aromatic N) is 2. The Labute approximate surface area is 140 Å². The van der Waals surface area contributed by atoms with Gasteiger partial charge in [0.05, 0.1) is 21.0 Å². The number of fused-ring (bicyclic) bond motifs is 1. The van der Waals surface area contributed by atoms with Crippen molar-refractivity contribution in [2.75, 3.05) is 12.4 Å². The van der Waals surface area contributed by atoms with Gasteiger partial charge in [-0.3, -0.25) is 0 Å². The molecule has 0 aliphatic heterocycles. The van der Waals surface area contributed by atoms with Crippen LogP contribution in [0.25, 0.3) is 10.9 Å². The van der Waals surface area contributed by atoms with Crippen LogP contribution < -0.4 is 0 Å². The molecule has 1 aliphatic carbocycles. The van der Waals surface area contributed by atoms with Gasteiger partial charge in [0, 0.05) is 29.4 Å². The van der Waals surface area contributed by atoms with E-state index in [0.29, 0.717) is 21.6 Å². The van der Waals surface area contributed by atoms with Gasteiger partial charge in [0.2, 0.25) is 0 Å². The Hall–Kier alpha value is -1.05. The standard InChI is InChI=1S/C15H14ClF3N2OS/c16-11-10(15(17,18)19)4-9-5-20-8-21-12(9)13(11)23-7-14(6-22)2-1-3-14/h4-5,8,22H,1-3,6-7H2. The number of aromatic nitrogens is 2. The molecule has 0 bridgehead atoms. The molecule has 1 fully saturated rings. The molecular formula is C15H14ClF3N2OS. The van der Waals surface area contributed by atoms with Crippen LogP contribution in [0.3, 0.4) is 0 Å². The quantitative estimate of drug-likeness (QED) is 0.810. The highest BCUT2D eigenvalue weighted by atomic mass is 35.5. The normalized spacial score (nSPS) is 17.3. The van der Waals surface area contributed by atoms with Crippen molar-refractivity contribution in [2.24, 2.45) is 5.41 Å². The highest BCUT2D eigenvalue weighted by Gasteiger charge is 2.38. The summed E-state index contributed by atoms with van der Waals surface area (Å²) in [5.74, 6) is 0.517. The first-order valence-corrected chi connectivity index (χ1v) is 8.46. The summed E-state index contributed by atoms with van der Waals surface area (Å²) in [4.78, 5) is 8.18. The first-order chi connectivity index (χ1) is 10.9. The smallest absolute Gasteiger partial charge is 0.396 e. The average molecular weight is 363 g/mol. The zero-order valence-electron chi connectivity index (χ0n) is 12.0. The highest BCUT2D eigenvalue weighted by molar-refractivity contribution is 7.99. The first-order valence-electron chi connectivity index (χ1n) is 7.09. The van der Waals surface area contributed by atoms with Gasteiger partial charge in [-0.2, -0.15) is 13.2 Å². The largest absolute Gasteiger partial charge is 0.417 e. The Morgan fingerprint density at radius 2 is 2.09 bits per heavy atom. The zero-order chi connectivity index (χ0) is 16.7. The molecule has 1 heterocycles. The molecule has 0 unspecified atom stereocenters. The Balaban J connectivity index is 2.05. The maximum absolute atomic E-state index is 13.2. The molecule has 0 spiro atoms. The fourth-order valence-corrected chi connectivity index (χ4v) is 4.46. The molecule has 1 N–H and O–H groups in total. The number of benzene rings is 1. The molecule has 124 valence electrons. The number of aliphatic hydroxyl groups excluding tert-OH is 1. The van der Waals surface area contributed by atoms with Gasteiger partial charge in [0.25, 0.3) is 0 Å². The Morgan fingerprint density at radius 3 is 2.65 bits per heavy atom. The molecule has 0 saturated heterocycles. The van der Waals surface area contributed by atoms with Crippen molar-refractivity contribution in [2.45, 2.75) is 30.3 Å². The van der Waals surface area contributed by atoms with E-state index in [1.807, 2.05) is 0 Å². The van der Waals surface area contributed by atoms with E-state index in [2.05, 4.69) is 9.97 Å². The van der Waals surface area contributed by atoms with Crippen molar-refractivity contribution in [3.05, 3.63) is 29.2 Å². The van der Waals surface area contributed by atoms with Crippen molar-refractivity contribution in [3.8, 4) is 0 Å². The zero-order valence-corrected chi connectivity index (χ0v) is 13.6. The molecule has 1 aromatic carbocycles. The lowest BCUT2D eigenvalue weighted by Crippen LogP contribution is -2.35. The number of rotatable bonds is 4. The number of hydrogen-bond acceptors (Lipinski definition) is 4. The topological polar surface area (TPSA) is 46.0 Å². The van der Waals surface area contributed by atoms with E-state index in [1.165, 1.54) is 24.3 Å². The van der Waals surface area contributed by atoms with E-state index in [9.17, 15) is 18.3 Å². The van der Waals surface area contributed by atoms with Gasteiger partial charge >= 0.3 is 6.18 Å². The predicted molar refractivity (Wildman–Crippen MR) is 83.6 cm³/mol. The summed E-state index contributed by atoms with van der Waals surface area (Å²) in [6, 6.07) is 0.979. The van der Waals surface area contributed by atoms with Crippen LogP contribution in [0.4, 0.5) is 13.2 Å². The lowest BCUT2D eigenvalue weighted by Gasteiger charge is -2.40. The minimum Gasteiger partial charge on any atom is -0.396 e. The second-order valence-electron chi connectivity index (χ2n) is 5.83. The Kier molecular flexibility index (Phi) is 4.46. The molecule has 1 aromatic heterocycles. The Morgan fingerprint density at radius 1 is 1.35 bits per heavy atom. The van der Waals surface area contributed by atoms with Crippen LogP contribution in [-0.4, -0.2) is 27.4 Å². The molecular weight excluding hydrogens is 349 g/mol. The third-order valence-electron chi connectivity index (χ3n) is 4.27. The van der Waals surface area contributed by atoms with Crippen molar-refractivity contribution >= 4 is 34.3 Å². The molecule has 0 radical (unpaired) electrons. The molecule has 3 nitrogen and oxygen atoms in total. The summed E-state index contributed by atoms with van der Waals surface area (Å²) in [5, 5.41) is 9.50. The van der Waals surface area contributed by atoms with Crippen LogP contribution in [-0.2, 0) is 6.18 Å². The van der Waals surface area contributed by atoms with Crippen LogP contribution >= 0.6 is 23.4 Å². The van der Waals surface area contributed by atoms with Gasteiger partial charge in [0.15, 0.2) is 0 Å². The third-order valence-corrected chi connectivity index (χ3v) is 6.22. The summed E-state index contributed by atoms with van der Waals surface area (Å²) < 4.78 is 39.6. The highest BCUT2D eigenvalue weighted by Crippen LogP contribution is 2.48. The maximum Gasteiger partial charge on any atom is 0.417 e. The molecule has 0 atom stereocenters. The molecule has 2 aromatic rings. The monoisotopic (exact) mass is 362 g/mol. The minimum absolute atomic E-state index is 0.0312. The fourth-order valence-electron chi connectivity index (χ4n) is 2.67. The number of halogens is 4. The predicted octanol–water partition coefficient (Wildman–Crippen LogP) is 4.56. The van der Waals surface area contributed by atoms with Crippen LogP contribution in [0.2, 0.25) is 5.02 Å². The average Bonchev–Trinajstić information content (AvgIpc) is 2.47. The van der Waals surface area contributed by atoms with E-state index in [-0.39, 0.29) is 17.0 Å². The van der Waals surface area contributed by atoms with Gasteiger partial charge in [-0.25, -0.2) is 9.97 Å². The van der Waals surface area contributed by atoms with Gasteiger partial charge in [0.1, 0.15) is 6.33 Å². The van der Waals surface area contributed by atoms with Crippen LogP contribution in [0, 0.1) is 5.41 Å². The second kappa shape index (κ2) is 6.11. The summed E-state index contributed by atoms with van der Waals surface area (Å²) >= 11 is 7.27. The molecule has 1 saturated carbocycles. The number of thioether (sulfide) groups is 1. The van der Waals surface area contributed by atoms with Crippen LogP contribution in [0.1, 0.15) is 24.8 Å². The Bertz CT molecular complexity index is 729. The number of aliphatic hydroxyl groups is 1. The third kappa shape index (κ3) is 3.14. The summed E-state index contributed by atoms with van der Waals surface area (Å²) in [6.07, 6.45) is 0.881. The molecule has 23 heavy (non-hydrogen) atoms. The molecule has 8 heteroatoms. The van der Waals surface area contributed by atoms with Crippen molar-refractivity contribution in [1.82, 2.24) is 9.97 Å².